The standard InChI is InChI=1S/C13H8ClF3N2O/c14-10-6(2-1-3-8(10)18)13(20)19-9-5-4-7(15)11(16)12(9)17/h1-5H,18H2,(H,19,20). The van der Waals surface area contributed by atoms with Crippen molar-refractivity contribution in [2.24, 2.45) is 0 Å². The Bertz CT molecular complexity index is 692. The zero-order chi connectivity index (χ0) is 14.9. The summed E-state index contributed by atoms with van der Waals surface area (Å²) in [5.41, 5.74) is 5.20. The number of halogens is 4. The highest BCUT2D eigenvalue weighted by Gasteiger charge is 2.17. The predicted octanol–water partition coefficient (Wildman–Crippen LogP) is 3.59. The van der Waals surface area contributed by atoms with Crippen molar-refractivity contribution in [3.63, 3.8) is 0 Å². The van der Waals surface area contributed by atoms with E-state index in [0.29, 0.717) is 6.07 Å². The Morgan fingerprint density at radius 1 is 1.10 bits per heavy atom. The van der Waals surface area contributed by atoms with Crippen LogP contribution < -0.4 is 11.1 Å². The lowest BCUT2D eigenvalue weighted by Crippen LogP contribution is -2.15. The SMILES string of the molecule is Nc1cccc(C(=O)Nc2ccc(F)c(F)c2F)c1Cl. The molecule has 104 valence electrons. The topological polar surface area (TPSA) is 55.1 Å². The number of nitrogens with one attached hydrogen (secondary N) is 1. The molecule has 0 fully saturated rings. The quantitative estimate of drug-likeness (QED) is 0.658. The number of nitrogen functional groups attached to an aromatic ring is 1. The minimum absolute atomic E-state index is 0.00389. The Morgan fingerprint density at radius 3 is 2.50 bits per heavy atom. The minimum atomic E-state index is -1.67. The van der Waals surface area contributed by atoms with Gasteiger partial charge in [-0.1, -0.05) is 17.7 Å². The number of carbonyl (C=O) groups is 1. The molecule has 0 saturated carbocycles. The minimum Gasteiger partial charge on any atom is -0.398 e. The Hall–Kier alpha value is -2.21. The van der Waals surface area contributed by atoms with Crippen LogP contribution in [0.1, 0.15) is 10.4 Å². The summed E-state index contributed by atoms with van der Waals surface area (Å²) in [6.45, 7) is 0. The molecule has 0 aliphatic heterocycles. The molecule has 0 bridgehead atoms. The molecule has 0 atom stereocenters. The highest BCUT2D eigenvalue weighted by Crippen LogP contribution is 2.25. The van der Waals surface area contributed by atoms with E-state index in [2.05, 4.69) is 5.32 Å². The number of carbonyl (C=O) groups excluding carboxylic acids is 1. The van der Waals surface area contributed by atoms with Crippen LogP contribution in [0.2, 0.25) is 5.02 Å². The number of hydrogen-bond donors (Lipinski definition) is 2. The van der Waals surface area contributed by atoms with Crippen molar-refractivity contribution < 1.29 is 18.0 Å². The Morgan fingerprint density at radius 2 is 1.80 bits per heavy atom. The summed E-state index contributed by atoms with van der Waals surface area (Å²) in [6, 6.07) is 5.95. The fourth-order valence-corrected chi connectivity index (χ4v) is 1.75. The van der Waals surface area contributed by atoms with Gasteiger partial charge in [0.15, 0.2) is 17.5 Å². The van der Waals surface area contributed by atoms with Crippen molar-refractivity contribution in [1.29, 1.82) is 0 Å². The maximum absolute atomic E-state index is 13.4. The molecule has 0 aliphatic carbocycles. The highest BCUT2D eigenvalue weighted by molar-refractivity contribution is 6.36. The maximum atomic E-state index is 13.4. The van der Waals surface area contributed by atoms with Gasteiger partial charge in [-0.05, 0) is 24.3 Å². The van der Waals surface area contributed by atoms with Gasteiger partial charge in [-0.2, -0.15) is 0 Å². The van der Waals surface area contributed by atoms with Crippen LogP contribution in [-0.2, 0) is 0 Å². The molecule has 20 heavy (non-hydrogen) atoms. The van der Waals surface area contributed by atoms with E-state index in [4.69, 9.17) is 17.3 Å². The molecule has 0 aliphatic rings. The Labute approximate surface area is 117 Å². The molecule has 2 aromatic rings. The van der Waals surface area contributed by atoms with Crippen molar-refractivity contribution in [1.82, 2.24) is 0 Å². The van der Waals surface area contributed by atoms with Gasteiger partial charge in [-0.25, -0.2) is 13.2 Å². The van der Waals surface area contributed by atoms with Gasteiger partial charge < -0.3 is 11.1 Å². The van der Waals surface area contributed by atoms with Crippen LogP contribution in [0.25, 0.3) is 0 Å². The Kier molecular flexibility index (Phi) is 3.85. The summed E-state index contributed by atoms with van der Waals surface area (Å²) in [4.78, 5) is 11.9. The zero-order valence-corrected chi connectivity index (χ0v) is 10.6. The van der Waals surface area contributed by atoms with Crippen molar-refractivity contribution in [2.75, 3.05) is 11.1 Å². The van der Waals surface area contributed by atoms with Gasteiger partial charge in [0.25, 0.3) is 5.91 Å². The molecular weight excluding hydrogens is 293 g/mol. The van der Waals surface area contributed by atoms with Crippen molar-refractivity contribution in [2.45, 2.75) is 0 Å². The average Bonchev–Trinajstić information content (AvgIpc) is 2.42. The number of amides is 1. The van der Waals surface area contributed by atoms with Gasteiger partial charge in [0, 0.05) is 0 Å². The molecule has 2 rings (SSSR count). The van der Waals surface area contributed by atoms with E-state index in [9.17, 15) is 18.0 Å². The molecule has 0 radical (unpaired) electrons. The van der Waals surface area contributed by atoms with Crippen LogP contribution in [0, 0.1) is 17.5 Å². The van der Waals surface area contributed by atoms with Gasteiger partial charge in [0.1, 0.15) is 0 Å². The monoisotopic (exact) mass is 300 g/mol. The number of anilines is 2. The van der Waals surface area contributed by atoms with Gasteiger partial charge in [0.05, 0.1) is 22.0 Å². The third-order valence-electron chi connectivity index (χ3n) is 2.56. The summed E-state index contributed by atoms with van der Waals surface area (Å²) in [5.74, 6) is -5.28. The van der Waals surface area contributed by atoms with Gasteiger partial charge in [-0.15, -0.1) is 0 Å². The lowest BCUT2D eigenvalue weighted by atomic mass is 10.1. The fourth-order valence-electron chi connectivity index (χ4n) is 1.54. The van der Waals surface area contributed by atoms with E-state index < -0.39 is 29.0 Å². The molecular formula is C13H8ClF3N2O. The van der Waals surface area contributed by atoms with Gasteiger partial charge in [-0.3, -0.25) is 4.79 Å². The zero-order valence-electron chi connectivity index (χ0n) is 9.88. The van der Waals surface area contributed by atoms with Gasteiger partial charge in [0.2, 0.25) is 0 Å². The first kappa shape index (κ1) is 14.2. The third-order valence-corrected chi connectivity index (χ3v) is 2.98. The summed E-state index contributed by atoms with van der Waals surface area (Å²) < 4.78 is 39.2. The summed E-state index contributed by atoms with van der Waals surface area (Å²) in [7, 11) is 0. The second-order valence-electron chi connectivity index (χ2n) is 3.89. The third kappa shape index (κ3) is 2.55. The van der Waals surface area contributed by atoms with Crippen molar-refractivity contribution in [3.05, 3.63) is 58.4 Å². The predicted molar refractivity (Wildman–Crippen MR) is 70.1 cm³/mol. The number of benzene rings is 2. The number of rotatable bonds is 2. The second kappa shape index (κ2) is 5.42. The second-order valence-corrected chi connectivity index (χ2v) is 4.26. The van der Waals surface area contributed by atoms with Gasteiger partial charge >= 0.3 is 0 Å². The maximum Gasteiger partial charge on any atom is 0.257 e. The molecule has 0 unspecified atom stereocenters. The van der Waals surface area contributed by atoms with E-state index in [-0.39, 0.29) is 16.3 Å². The lowest BCUT2D eigenvalue weighted by molar-refractivity contribution is 0.102. The van der Waals surface area contributed by atoms with E-state index in [1.54, 1.807) is 0 Å². The highest BCUT2D eigenvalue weighted by atomic mass is 35.5. The normalized spacial score (nSPS) is 10.4. The Balaban J connectivity index is 2.33. The van der Waals surface area contributed by atoms with E-state index in [1.807, 2.05) is 0 Å². The van der Waals surface area contributed by atoms with E-state index in [0.717, 1.165) is 6.07 Å². The average molecular weight is 301 g/mol. The fraction of sp³-hybridized carbons (Fsp3) is 0. The van der Waals surface area contributed by atoms with E-state index >= 15 is 0 Å². The molecule has 0 spiro atoms. The van der Waals surface area contributed by atoms with Crippen molar-refractivity contribution in [3.8, 4) is 0 Å². The molecule has 1 amide bonds. The van der Waals surface area contributed by atoms with Crippen LogP contribution in [0.3, 0.4) is 0 Å². The van der Waals surface area contributed by atoms with Crippen LogP contribution in [0.5, 0.6) is 0 Å². The van der Waals surface area contributed by atoms with Crippen LogP contribution in [-0.4, -0.2) is 5.91 Å². The first-order chi connectivity index (χ1) is 9.41. The molecule has 3 N–H and O–H groups in total. The van der Waals surface area contributed by atoms with Crippen LogP contribution >= 0.6 is 11.6 Å². The molecule has 3 nitrogen and oxygen atoms in total. The molecule has 0 aromatic heterocycles. The molecule has 2 aromatic carbocycles. The molecule has 7 heteroatoms. The van der Waals surface area contributed by atoms with Crippen LogP contribution in [0.15, 0.2) is 30.3 Å². The number of hydrogen-bond acceptors (Lipinski definition) is 2. The first-order valence-corrected chi connectivity index (χ1v) is 5.78. The molecule has 0 saturated heterocycles. The smallest absolute Gasteiger partial charge is 0.257 e. The lowest BCUT2D eigenvalue weighted by Gasteiger charge is -2.09. The summed E-state index contributed by atoms with van der Waals surface area (Å²) >= 11 is 5.84. The van der Waals surface area contributed by atoms with E-state index in [1.165, 1.54) is 18.2 Å². The number of nitrogens with two attached hydrogens (primary N) is 1. The largest absolute Gasteiger partial charge is 0.398 e. The molecule has 0 heterocycles. The van der Waals surface area contributed by atoms with Crippen molar-refractivity contribution >= 4 is 28.9 Å². The first-order valence-electron chi connectivity index (χ1n) is 5.40. The summed E-state index contributed by atoms with van der Waals surface area (Å²) in [5, 5.41) is 2.10. The van der Waals surface area contributed by atoms with Crippen LogP contribution in [0.4, 0.5) is 24.5 Å². The summed E-state index contributed by atoms with van der Waals surface area (Å²) in [6.07, 6.45) is 0.